The average molecular weight is 347 g/mol. The van der Waals surface area contributed by atoms with Crippen LogP contribution in [0, 0.1) is 21.4 Å². The zero-order chi connectivity index (χ0) is 18.8. The standard InChI is InChI=1S/C16H21N5O4/c1-16(2,3)25-15(22)20-8-7-11(10-20)19(4)14-6-5-13(21(23)24)12(9-17)18-14/h5-6,11H,7-8,10H2,1-4H3. The third kappa shape index (κ3) is 4.35. The van der Waals surface area contributed by atoms with Crippen molar-refractivity contribution >= 4 is 17.6 Å². The fourth-order valence-corrected chi connectivity index (χ4v) is 2.60. The van der Waals surface area contributed by atoms with Gasteiger partial charge in [0.05, 0.1) is 4.92 Å². The van der Waals surface area contributed by atoms with Crippen LogP contribution in [-0.4, -0.2) is 52.7 Å². The maximum Gasteiger partial charge on any atom is 0.410 e. The zero-order valence-electron chi connectivity index (χ0n) is 14.7. The van der Waals surface area contributed by atoms with Gasteiger partial charge in [-0.2, -0.15) is 5.26 Å². The summed E-state index contributed by atoms with van der Waals surface area (Å²) in [5.74, 6) is 0.457. The lowest BCUT2D eigenvalue weighted by Crippen LogP contribution is -2.39. The number of carbonyl (C=O) groups is 1. The van der Waals surface area contributed by atoms with Crippen molar-refractivity contribution in [3.05, 3.63) is 27.9 Å². The van der Waals surface area contributed by atoms with Crippen molar-refractivity contribution in [2.24, 2.45) is 0 Å². The Balaban J connectivity index is 2.10. The minimum absolute atomic E-state index is 0.00647. The van der Waals surface area contributed by atoms with E-state index in [-0.39, 0.29) is 23.5 Å². The van der Waals surface area contributed by atoms with Crippen LogP contribution in [0.4, 0.5) is 16.3 Å². The number of anilines is 1. The molecule has 1 atom stereocenters. The van der Waals surface area contributed by atoms with Crippen LogP contribution in [0.5, 0.6) is 0 Å². The van der Waals surface area contributed by atoms with Gasteiger partial charge in [0.15, 0.2) is 0 Å². The molecule has 2 heterocycles. The number of likely N-dealkylation sites (N-methyl/N-ethyl adjacent to an activating group) is 1. The van der Waals surface area contributed by atoms with Crippen LogP contribution in [0.2, 0.25) is 0 Å². The Kier molecular flexibility index (Phi) is 5.11. The smallest absolute Gasteiger partial charge is 0.410 e. The second kappa shape index (κ2) is 6.93. The van der Waals surface area contributed by atoms with Crippen LogP contribution in [0.1, 0.15) is 32.9 Å². The summed E-state index contributed by atoms with van der Waals surface area (Å²) < 4.78 is 5.37. The Morgan fingerprint density at radius 1 is 1.52 bits per heavy atom. The molecule has 1 aliphatic rings. The number of aromatic nitrogens is 1. The third-order valence-corrected chi connectivity index (χ3v) is 3.89. The van der Waals surface area contributed by atoms with Crippen molar-refractivity contribution in [1.82, 2.24) is 9.88 Å². The quantitative estimate of drug-likeness (QED) is 0.609. The predicted octanol–water partition coefficient (Wildman–Crippen LogP) is 2.31. The molecule has 1 saturated heterocycles. The van der Waals surface area contributed by atoms with Gasteiger partial charge in [-0.1, -0.05) is 0 Å². The Morgan fingerprint density at radius 2 is 2.20 bits per heavy atom. The Labute approximate surface area is 145 Å². The minimum Gasteiger partial charge on any atom is -0.444 e. The molecule has 1 aromatic rings. The number of pyridine rings is 1. The molecule has 0 aliphatic carbocycles. The molecule has 25 heavy (non-hydrogen) atoms. The monoisotopic (exact) mass is 347 g/mol. The van der Waals surface area contributed by atoms with E-state index in [9.17, 15) is 14.9 Å². The highest BCUT2D eigenvalue weighted by Gasteiger charge is 2.32. The first-order valence-electron chi connectivity index (χ1n) is 7.88. The summed E-state index contributed by atoms with van der Waals surface area (Å²) in [6.45, 7) is 6.46. The lowest BCUT2D eigenvalue weighted by molar-refractivity contribution is -0.385. The summed E-state index contributed by atoms with van der Waals surface area (Å²) in [4.78, 5) is 29.9. The van der Waals surface area contributed by atoms with E-state index in [2.05, 4.69) is 4.98 Å². The van der Waals surface area contributed by atoms with Crippen molar-refractivity contribution in [3.8, 4) is 6.07 Å². The molecule has 2 rings (SSSR count). The number of carbonyl (C=O) groups excluding carboxylic acids is 1. The largest absolute Gasteiger partial charge is 0.444 e. The molecule has 0 spiro atoms. The first-order chi connectivity index (χ1) is 11.6. The van der Waals surface area contributed by atoms with E-state index in [0.717, 1.165) is 6.42 Å². The number of nitro groups is 1. The number of ether oxygens (including phenoxy) is 1. The molecule has 0 aromatic carbocycles. The highest BCUT2D eigenvalue weighted by Crippen LogP contribution is 2.25. The summed E-state index contributed by atoms with van der Waals surface area (Å²) in [7, 11) is 1.79. The summed E-state index contributed by atoms with van der Waals surface area (Å²) in [6, 6.07) is 4.53. The van der Waals surface area contributed by atoms with Gasteiger partial charge in [0.25, 0.3) is 0 Å². The van der Waals surface area contributed by atoms with Crippen LogP contribution in [0.15, 0.2) is 12.1 Å². The number of rotatable bonds is 3. The molecular formula is C16H21N5O4. The molecule has 1 fully saturated rings. The van der Waals surface area contributed by atoms with Gasteiger partial charge in [0.2, 0.25) is 5.69 Å². The number of nitrogens with zero attached hydrogens (tertiary/aromatic N) is 5. The van der Waals surface area contributed by atoms with Crippen LogP contribution >= 0.6 is 0 Å². The summed E-state index contributed by atoms with van der Waals surface area (Å²) in [6.07, 6.45) is 0.355. The van der Waals surface area contributed by atoms with Gasteiger partial charge in [-0.05, 0) is 33.3 Å². The van der Waals surface area contributed by atoms with E-state index in [1.807, 2.05) is 25.7 Å². The number of likely N-dealkylation sites (tertiary alicyclic amines) is 1. The number of hydrogen-bond acceptors (Lipinski definition) is 7. The van der Waals surface area contributed by atoms with E-state index in [1.54, 1.807) is 18.0 Å². The maximum atomic E-state index is 12.1. The van der Waals surface area contributed by atoms with Crippen molar-refractivity contribution in [2.75, 3.05) is 25.0 Å². The van der Waals surface area contributed by atoms with Gasteiger partial charge >= 0.3 is 11.8 Å². The Hall–Kier alpha value is -2.89. The molecule has 9 nitrogen and oxygen atoms in total. The van der Waals surface area contributed by atoms with Crippen molar-refractivity contribution in [3.63, 3.8) is 0 Å². The fraction of sp³-hybridized carbons (Fsp3) is 0.562. The van der Waals surface area contributed by atoms with Gasteiger partial charge in [-0.25, -0.2) is 9.78 Å². The SMILES string of the molecule is CN(c1ccc([N+](=O)[O-])c(C#N)n1)C1CCN(C(=O)OC(C)(C)C)C1. The van der Waals surface area contributed by atoms with Crippen molar-refractivity contribution < 1.29 is 14.5 Å². The third-order valence-electron chi connectivity index (χ3n) is 3.89. The Morgan fingerprint density at radius 3 is 2.76 bits per heavy atom. The zero-order valence-corrected chi connectivity index (χ0v) is 14.7. The molecule has 1 aromatic heterocycles. The molecule has 9 heteroatoms. The lowest BCUT2D eigenvalue weighted by atomic mass is 10.2. The van der Waals surface area contributed by atoms with Crippen molar-refractivity contribution in [1.29, 1.82) is 5.26 Å². The second-order valence-corrected chi connectivity index (χ2v) is 6.89. The highest BCUT2D eigenvalue weighted by atomic mass is 16.6. The van der Waals surface area contributed by atoms with E-state index in [4.69, 9.17) is 10.00 Å². The average Bonchev–Trinajstić information content (AvgIpc) is 3.01. The van der Waals surface area contributed by atoms with Gasteiger partial charge in [0.1, 0.15) is 17.5 Å². The molecule has 0 saturated carbocycles. The van der Waals surface area contributed by atoms with Gasteiger partial charge < -0.3 is 14.5 Å². The summed E-state index contributed by atoms with van der Waals surface area (Å²) in [5, 5.41) is 19.9. The van der Waals surface area contributed by atoms with Gasteiger partial charge in [0, 0.05) is 32.2 Å². The van der Waals surface area contributed by atoms with Crippen LogP contribution in [0.3, 0.4) is 0 Å². The van der Waals surface area contributed by atoms with Crippen LogP contribution in [0.25, 0.3) is 0 Å². The first-order valence-corrected chi connectivity index (χ1v) is 7.88. The number of hydrogen-bond donors (Lipinski definition) is 0. The molecule has 0 radical (unpaired) electrons. The minimum atomic E-state index is -0.630. The van der Waals surface area contributed by atoms with Gasteiger partial charge in [-0.3, -0.25) is 10.1 Å². The summed E-state index contributed by atoms with van der Waals surface area (Å²) in [5.41, 5.74) is -1.10. The molecule has 1 unspecified atom stereocenters. The second-order valence-electron chi connectivity index (χ2n) is 6.89. The number of amides is 1. The summed E-state index contributed by atoms with van der Waals surface area (Å²) >= 11 is 0. The molecule has 0 bridgehead atoms. The first kappa shape index (κ1) is 18.4. The molecular weight excluding hydrogens is 326 g/mol. The normalized spacial score (nSPS) is 17.1. The van der Waals surface area contributed by atoms with E-state index in [0.29, 0.717) is 18.9 Å². The maximum absolute atomic E-state index is 12.1. The van der Waals surface area contributed by atoms with E-state index < -0.39 is 10.5 Å². The van der Waals surface area contributed by atoms with E-state index >= 15 is 0 Å². The number of nitriles is 1. The van der Waals surface area contributed by atoms with Gasteiger partial charge in [-0.15, -0.1) is 0 Å². The van der Waals surface area contributed by atoms with Crippen LogP contribution < -0.4 is 4.90 Å². The van der Waals surface area contributed by atoms with Crippen LogP contribution in [-0.2, 0) is 4.74 Å². The molecule has 134 valence electrons. The van der Waals surface area contributed by atoms with Crippen molar-refractivity contribution in [2.45, 2.75) is 38.8 Å². The predicted molar refractivity (Wildman–Crippen MR) is 90.2 cm³/mol. The molecule has 1 aliphatic heterocycles. The Bertz CT molecular complexity index is 722. The highest BCUT2D eigenvalue weighted by molar-refractivity contribution is 5.68. The molecule has 0 N–H and O–H groups in total. The molecule has 1 amide bonds. The topological polar surface area (TPSA) is 113 Å². The van der Waals surface area contributed by atoms with E-state index in [1.165, 1.54) is 12.1 Å². The fourth-order valence-electron chi connectivity index (χ4n) is 2.60. The lowest BCUT2D eigenvalue weighted by Gasteiger charge is -2.27.